The van der Waals surface area contributed by atoms with E-state index in [0.717, 1.165) is 23.4 Å². The van der Waals surface area contributed by atoms with Crippen LogP contribution in [0.2, 0.25) is 5.02 Å². The minimum atomic E-state index is 0.0252. The lowest BCUT2D eigenvalue weighted by molar-refractivity contribution is 0.0367. The summed E-state index contributed by atoms with van der Waals surface area (Å²) in [5.74, 6) is 6.65. The molecule has 0 heterocycles. The molecule has 0 saturated heterocycles. The van der Waals surface area contributed by atoms with Gasteiger partial charge in [0, 0.05) is 10.6 Å². The molecule has 20 heavy (non-hydrogen) atoms. The lowest BCUT2D eigenvalue weighted by Crippen LogP contribution is -2.57. The molecular weight excluding hydrogens is 270 g/mol. The Hall–Kier alpha value is -0.610. The predicted molar refractivity (Wildman–Crippen MR) is 85.6 cm³/mol. The van der Waals surface area contributed by atoms with Crippen molar-refractivity contribution in [1.82, 2.24) is 10.3 Å². The number of likely N-dealkylation sites (N-methyl/N-ethyl adjacent to an activating group) is 1. The van der Waals surface area contributed by atoms with Crippen LogP contribution in [0.5, 0.6) is 0 Å². The first-order valence-corrected chi connectivity index (χ1v) is 7.77. The van der Waals surface area contributed by atoms with E-state index in [4.69, 9.17) is 17.4 Å². The van der Waals surface area contributed by atoms with E-state index < -0.39 is 0 Å². The number of nitrogens with one attached hydrogen (secondary N) is 1. The second-order valence-electron chi connectivity index (χ2n) is 6.32. The summed E-state index contributed by atoms with van der Waals surface area (Å²) in [5, 5.41) is 0.787. The van der Waals surface area contributed by atoms with Crippen molar-refractivity contribution in [2.45, 2.75) is 44.2 Å². The quantitative estimate of drug-likeness (QED) is 0.661. The number of halogens is 1. The maximum absolute atomic E-state index is 6.41. The molecule has 3 nitrogen and oxygen atoms in total. The fourth-order valence-electron chi connectivity index (χ4n) is 3.73. The molecule has 1 aromatic rings. The summed E-state index contributed by atoms with van der Waals surface area (Å²) in [6.45, 7) is 2.33. The van der Waals surface area contributed by atoms with Gasteiger partial charge >= 0.3 is 0 Å². The highest BCUT2D eigenvalue weighted by Gasteiger charge is 2.44. The lowest BCUT2D eigenvalue weighted by atomic mass is 9.69. The highest BCUT2D eigenvalue weighted by atomic mass is 35.5. The standard InChI is InChI=1S/C16H26ClN3/c1-12-7-6-10-16(11-12,20(2)3)15(19-18)13-8-4-5-9-14(13)17/h4-5,8-9,12,15,19H,6-7,10-11,18H2,1-3H3. The van der Waals surface area contributed by atoms with Crippen LogP contribution in [0.4, 0.5) is 0 Å². The summed E-state index contributed by atoms with van der Waals surface area (Å²) in [4.78, 5) is 2.33. The fraction of sp³-hybridized carbons (Fsp3) is 0.625. The van der Waals surface area contributed by atoms with Gasteiger partial charge in [0.2, 0.25) is 0 Å². The van der Waals surface area contributed by atoms with Gasteiger partial charge in [-0.3, -0.25) is 11.3 Å². The SMILES string of the molecule is CC1CCCC(C(NN)c2ccccc2Cl)(N(C)C)C1. The molecule has 0 radical (unpaired) electrons. The van der Waals surface area contributed by atoms with E-state index in [2.05, 4.69) is 37.4 Å². The molecule has 3 N–H and O–H groups in total. The Kier molecular flexibility index (Phi) is 5.08. The van der Waals surface area contributed by atoms with Crippen molar-refractivity contribution >= 4 is 11.6 Å². The van der Waals surface area contributed by atoms with Gasteiger partial charge in [-0.05, 0) is 44.5 Å². The van der Waals surface area contributed by atoms with Gasteiger partial charge in [0.25, 0.3) is 0 Å². The molecule has 1 aliphatic carbocycles. The van der Waals surface area contributed by atoms with Gasteiger partial charge < -0.3 is 4.90 Å². The summed E-state index contributed by atoms with van der Waals surface area (Å²) in [7, 11) is 4.30. The zero-order valence-electron chi connectivity index (χ0n) is 12.7. The first-order valence-electron chi connectivity index (χ1n) is 7.39. The van der Waals surface area contributed by atoms with Crippen molar-refractivity contribution in [1.29, 1.82) is 0 Å². The van der Waals surface area contributed by atoms with Crippen molar-refractivity contribution in [3.63, 3.8) is 0 Å². The van der Waals surface area contributed by atoms with Gasteiger partial charge in [0.15, 0.2) is 0 Å². The van der Waals surface area contributed by atoms with E-state index in [9.17, 15) is 0 Å². The Labute approximate surface area is 127 Å². The zero-order chi connectivity index (χ0) is 14.8. The van der Waals surface area contributed by atoms with Crippen LogP contribution in [0.3, 0.4) is 0 Å². The number of hydrazine groups is 1. The molecule has 112 valence electrons. The van der Waals surface area contributed by atoms with Crippen LogP contribution in [-0.2, 0) is 0 Å². The number of hydrogen-bond acceptors (Lipinski definition) is 3. The van der Waals surface area contributed by atoms with Crippen molar-refractivity contribution in [2.24, 2.45) is 11.8 Å². The molecule has 0 aromatic heterocycles. The molecule has 0 aliphatic heterocycles. The topological polar surface area (TPSA) is 41.3 Å². The first kappa shape index (κ1) is 15.8. The Morgan fingerprint density at radius 1 is 1.40 bits per heavy atom. The van der Waals surface area contributed by atoms with Gasteiger partial charge in [0.05, 0.1) is 6.04 Å². The summed E-state index contributed by atoms with van der Waals surface area (Å²) in [6, 6.07) is 8.06. The number of hydrogen-bond donors (Lipinski definition) is 2. The molecule has 1 fully saturated rings. The second-order valence-corrected chi connectivity index (χ2v) is 6.73. The molecule has 3 unspecified atom stereocenters. The normalized spacial score (nSPS) is 28.6. The van der Waals surface area contributed by atoms with Crippen molar-refractivity contribution in [3.8, 4) is 0 Å². The Morgan fingerprint density at radius 3 is 2.65 bits per heavy atom. The van der Waals surface area contributed by atoms with Crippen molar-refractivity contribution < 1.29 is 0 Å². The van der Waals surface area contributed by atoms with Crippen molar-refractivity contribution in [2.75, 3.05) is 14.1 Å². The molecule has 0 spiro atoms. The van der Waals surface area contributed by atoms with E-state index in [-0.39, 0.29) is 11.6 Å². The molecule has 0 amide bonds. The third-order valence-corrected chi connectivity index (χ3v) is 5.16. The molecule has 3 atom stereocenters. The minimum absolute atomic E-state index is 0.0252. The molecule has 0 bridgehead atoms. The Bertz CT molecular complexity index is 449. The van der Waals surface area contributed by atoms with Crippen molar-refractivity contribution in [3.05, 3.63) is 34.9 Å². The van der Waals surface area contributed by atoms with Crippen LogP contribution < -0.4 is 11.3 Å². The van der Waals surface area contributed by atoms with Crippen LogP contribution in [0.1, 0.15) is 44.2 Å². The van der Waals surface area contributed by atoms with Crippen LogP contribution in [0.25, 0.3) is 0 Å². The van der Waals surface area contributed by atoms with Crippen LogP contribution in [-0.4, -0.2) is 24.5 Å². The second kappa shape index (κ2) is 6.44. The molecule has 1 saturated carbocycles. The summed E-state index contributed by atoms with van der Waals surface area (Å²) >= 11 is 6.41. The van der Waals surface area contributed by atoms with E-state index in [1.54, 1.807) is 0 Å². The number of nitrogens with zero attached hydrogens (tertiary/aromatic N) is 1. The Morgan fingerprint density at radius 2 is 2.10 bits per heavy atom. The monoisotopic (exact) mass is 295 g/mol. The maximum atomic E-state index is 6.41. The first-order chi connectivity index (χ1) is 9.51. The van der Waals surface area contributed by atoms with Crippen LogP contribution in [0.15, 0.2) is 24.3 Å². The smallest absolute Gasteiger partial charge is 0.0658 e. The maximum Gasteiger partial charge on any atom is 0.0658 e. The van der Waals surface area contributed by atoms with E-state index in [1.165, 1.54) is 12.8 Å². The summed E-state index contributed by atoms with van der Waals surface area (Å²) in [6.07, 6.45) is 4.82. The molecule has 1 aromatic carbocycles. The minimum Gasteiger partial charge on any atom is -0.302 e. The number of rotatable bonds is 4. The lowest BCUT2D eigenvalue weighted by Gasteiger charge is -2.50. The molecule has 4 heteroatoms. The molecule has 2 rings (SSSR count). The largest absolute Gasteiger partial charge is 0.302 e. The zero-order valence-corrected chi connectivity index (χ0v) is 13.5. The third-order valence-electron chi connectivity index (χ3n) is 4.82. The van der Waals surface area contributed by atoms with Gasteiger partial charge in [-0.25, -0.2) is 0 Å². The van der Waals surface area contributed by atoms with E-state index >= 15 is 0 Å². The average molecular weight is 296 g/mol. The average Bonchev–Trinajstić information content (AvgIpc) is 2.41. The van der Waals surface area contributed by atoms with E-state index in [0.29, 0.717) is 5.92 Å². The van der Waals surface area contributed by atoms with Gasteiger partial charge in [-0.2, -0.15) is 0 Å². The van der Waals surface area contributed by atoms with Gasteiger partial charge in [-0.1, -0.05) is 49.6 Å². The molecule has 1 aliphatic rings. The number of nitrogens with two attached hydrogens (primary N) is 1. The summed E-state index contributed by atoms with van der Waals surface area (Å²) in [5.41, 5.74) is 4.17. The highest BCUT2D eigenvalue weighted by Crippen LogP contribution is 2.45. The number of benzene rings is 1. The fourth-order valence-corrected chi connectivity index (χ4v) is 3.98. The highest BCUT2D eigenvalue weighted by molar-refractivity contribution is 6.31. The predicted octanol–water partition coefficient (Wildman–Crippen LogP) is 3.35. The third kappa shape index (κ3) is 2.86. The van der Waals surface area contributed by atoms with Crippen LogP contribution in [0, 0.1) is 5.92 Å². The summed E-state index contributed by atoms with van der Waals surface area (Å²) < 4.78 is 0. The van der Waals surface area contributed by atoms with Gasteiger partial charge in [-0.15, -0.1) is 0 Å². The van der Waals surface area contributed by atoms with E-state index in [1.807, 2.05) is 18.2 Å². The molecular formula is C16H26ClN3. The Balaban J connectivity index is 2.43. The van der Waals surface area contributed by atoms with Gasteiger partial charge in [0.1, 0.15) is 0 Å². The van der Waals surface area contributed by atoms with Crippen LogP contribution >= 0.6 is 11.6 Å².